The van der Waals surface area contributed by atoms with Crippen LogP contribution in [0, 0.1) is 5.92 Å². The van der Waals surface area contributed by atoms with Crippen molar-refractivity contribution in [3.8, 4) is 0 Å². The fourth-order valence-corrected chi connectivity index (χ4v) is 2.45. The molecule has 2 heterocycles. The molecule has 15 heavy (non-hydrogen) atoms. The first-order chi connectivity index (χ1) is 7.18. The molecule has 86 valence electrons. The Hall–Kier alpha value is -0.610. The van der Waals surface area contributed by atoms with Gasteiger partial charge in [-0.05, 0) is 31.7 Å². The zero-order valence-electron chi connectivity index (χ0n) is 9.28. The molecule has 0 radical (unpaired) electrons. The van der Waals surface area contributed by atoms with Crippen molar-refractivity contribution >= 4 is 5.91 Å². The third-order valence-corrected chi connectivity index (χ3v) is 3.53. The fourth-order valence-electron chi connectivity index (χ4n) is 2.45. The SMILES string of the molecule is C[C@@H]1CN(C(=O)[C@@H]2CCCN2)CC[C@@H]1O. The minimum absolute atomic E-state index is 0.0347. The van der Waals surface area contributed by atoms with Crippen LogP contribution in [0.25, 0.3) is 0 Å². The smallest absolute Gasteiger partial charge is 0.239 e. The van der Waals surface area contributed by atoms with Crippen molar-refractivity contribution in [1.29, 1.82) is 0 Å². The maximum Gasteiger partial charge on any atom is 0.239 e. The van der Waals surface area contributed by atoms with Crippen molar-refractivity contribution in [3.05, 3.63) is 0 Å². The first-order valence-electron chi connectivity index (χ1n) is 5.88. The minimum atomic E-state index is -0.231. The van der Waals surface area contributed by atoms with Crippen LogP contribution in [0.1, 0.15) is 26.2 Å². The lowest BCUT2D eigenvalue weighted by Gasteiger charge is -2.35. The van der Waals surface area contributed by atoms with Gasteiger partial charge in [0.1, 0.15) is 0 Å². The second-order valence-electron chi connectivity index (χ2n) is 4.77. The number of amides is 1. The van der Waals surface area contributed by atoms with Gasteiger partial charge >= 0.3 is 0 Å². The highest BCUT2D eigenvalue weighted by Crippen LogP contribution is 2.18. The van der Waals surface area contributed by atoms with E-state index in [0.29, 0.717) is 13.1 Å². The van der Waals surface area contributed by atoms with Gasteiger partial charge in [0.15, 0.2) is 0 Å². The fraction of sp³-hybridized carbons (Fsp3) is 0.909. The molecule has 4 heteroatoms. The molecule has 1 amide bonds. The van der Waals surface area contributed by atoms with Crippen LogP contribution in [-0.2, 0) is 4.79 Å². The van der Waals surface area contributed by atoms with Crippen molar-refractivity contribution in [2.45, 2.75) is 38.3 Å². The average molecular weight is 212 g/mol. The third-order valence-electron chi connectivity index (χ3n) is 3.53. The van der Waals surface area contributed by atoms with Gasteiger partial charge in [0.05, 0.1) is 12.1 Å². The van der Waals surface area contributed by atoms with E-state index in [2.05, 4.69) is 5.32 Å². The summed E-state index contributed by atoms with van der Waals surface area (Å²) in [6, 6.07) is 0.0347. The van der Waals surface area contributed by atoms with Crippen LogP contribution in [0.4, 0.5) is 0 Å². The normalized spacial score (nSPS) is 36.9. The summed E-state index contributed by atoms with van der Waals surface area (Å²) in [6.07, 6.45) is 2.56. The van der Waals surface area contributed by atoms with E-state index in [4.69, 9.17) is 0 Å². The third kappa shape index (κ3) is 2.32. The monoisotopic (exact) mass is 212 g/mol. The van der Waals surface area contributed by atoms with E-state index in [-0.39, 0.29) is 24.0 Å². The van der Waals surface area contributed by atoms with Crippen LogP contribution in [0.3, 0.4) is 0 Å². The Morgan fingerprint density at radius 1 is 1.47 bits per heavy atom. The van der Waals surface area contributed by atoms with Gasteiger partial charge in [-0.15, -0.1) is 0 Å². The number of rotatable bonds is 1. The van der Waals surface area contributed by atoms with Gasteiger partial charge in [0, 0.05) is 13.1 Å². The van der Waals surface area contributed by atoms with Crippen LogP contribution in [0.2, 0.25) is 0 Å². The Kier molecular flexibility index (Phi) is 3.26. The molecular weight excluding hydrogens is 192 g/mol. The molecule has 0 aromatic rings. The van der Waals surface area contributed by atoms with E-state index in [1.165, 1.54) is 0 Å². The number of hydrogen-bond acceptors (Lipinski definition) is 3. The summed E-state index contributed by atoms with van der Waals surface area (Å²) in [5.74, 6) is 0.440. The van der Waals surface area contributed by atoms with Gasteiger partial charge in [-0.3, -0.25) is 4.79 Å². The van der Waals surface area contributed by atoms with E-state index in [1.54, 1.807) is 0 Å². The number of piperidine rings is 1. The van der Waals surface area contributed by atoms with E-state index in [9.17, 15) is 9.90 Å². The highest BCUT2D eigenvalue weighted by atomic mass is 16.3. The Bertz CT molecular complexity index is 239. The average Bonchev–Trinajstić information content (AvgIpc) is 2.74. The van der Waals surface area contributed by atoms with Crippen molar-refractivity contribution in [1.82, 2.24) is 10.2 Å². The molecule has 0 bridgehead atoms. The van der Waals surface area contributed by atoms with Gasteiger partial charge in [-0.25, -0.2) is 0 Å². The van der Waals surface area contributed by atoms with Crippen molar-refractivity contribution in [2.24, 2.45) is 5.92 Å². The highest BCUT2D eigenvalue weighted by molar-refractivity contribution is 5.82. The quantitative estimate of drug-likeness (QED) is 0.641. The van der Waals surface area contributed by atoms with E-state index in [0.717, 1.165) is 25.8 Å². The molecule has 2 fully saturated rings. The molecule has 0 aromatic carbocycles. The molecule has 4 nitrogen and oxygen atoms in total. The first-order valence-corrected chi connectivity index (χ1v) is 5.88. The second-order valence-corrected chi connectivity index (χ2v) is 4.77. The van der Waals surface area contributed by atoms with Gasteiger partial charge in [0.25, 0.3) is 0 Å². The van der Waals surface area contributed by atoms with Gasteiger partial charge < -0.3 is 15.3 Å². The lowest BCUT2D eigenvalue weighted by atomic mass is 9.96. The Morgan fingerprint density at radius 2 is 2.27 bits per heavy atom. The molecule has 0 spiro atoms. The predicted molar refractivity (Wildman–Crippen MR) is 57.4 cm³/mol. The maximum atomic E-state index is 12.0. The molecule has 0 unspecified atom stereocenters. The van der Waals surface area contributed by atoms with Crippen molar-refractivity contribution < 1.29 is 9.90 Å². The molecule has 2 aliphatic rings. The Morgan fingerprint density at radius 3 is 2.87 bits per heavy atom. The number of carbonyl (C=O) groups is 1. The molecule has 0 aromatic heterocycles. The lowest BCUT2D eigenvalue weighted by molar-refractivity contribution is -0.136. The number of likely N-dealkylation sites (tertiary alicyclic amines) is 1. The molecular formula is C11H20N2O2. The number of aliphatic hydroxyl groups is 1. The van der Waals surface area contributed by atoms with Crippen molar-refractivity contribution in [2.75, 3.05) is 19.6 Å². The zero-order valence-corrected chi connectivity index (χ0v) is 9.28. The lowest BCUT2D eigenvalue weighted by Crippen LogP contribution is -2.50. The van der Waals surface area contributed by atoms with Crippen LogP contribution in [-0.4, -0.2) is 47.7 Å². The van der Waals surface area contributed by atoms with Gasteiger partial charge in [0.2, 0.25) is 5.91 Å². The minimum Gasteiger partial charge on any atom is -0.393 e. The summed E-state index contributed by atoms with van der Waals surface area (Å²) in [4.78, 5) is 13.9. The number of carbonyl (C=O) groups excluding carboxylic acids is 1. The number of nitrogens with zero attached hydrogens (tertiary/aromatic N) is 1. The second kappa shape index (κ2) is 4.49. The first kappa shape index (κ1) is 10.9. The summed E-state index contributed by atoms with van der Waals surface area (Å²) in [6.45, 7) is 4.38. The summed E-state index contributed by atoms with van der Waals surface area (Å²) in [7, 11) is 0. The predicted octanol–water partition coefficient (Wildman–Crippen LogP) is -0.0323. The van der Waals surface area contributed by atoms with Crippen LogP contribution in [0.15, 0.2) is 0 Å². The molecule has 0 saturated carbocycles. The standard InChI is InChI=1S/C11H20N2O2/c1-8-7-13(6-4-10(8)14)11(15)9-3-2-5-12-9/h8-10,12,14H,2-7H2,1H3/t8-,9+,10+/m1/s1. The molecule has 2 N–H and O–H groups in total. The van der Waals surface area contributed by atoms with E-state index in [1.807, 2.05) is 11.8 Å². The van der Waals surface area contributed by atoms with Gasteiger partial charge in [-0.2, -0.15) is 0 Å². The van der Waals surface area contributed by atoms with Gasteiger partial charge in [-0.1, -0.05) is 6.92 Å². The van der Waals surface area contributed by atoms with Crippen LogP contribution >= 0.6 is 0 Å². The molecule has 0 aliphatic carbocycles. The van der Waals surface area contributed by atoms with Crippen LogP contribution < -0.4 is 5.32 Å². The van der Waals surface area contributed by atoms with Crippen molar-refractivity contribution in [3.63, 3.8) is 0 Å². The largest absolute Gasteiger partial charge is 0.393 e. The molecule has 2 aliphatic heterocycles. The summed E-state index contributed by atoms with van der Waals surface area (Å²) < 4.78 is 0. The molecule has 2 rings (SSSR count). The summed E-state index contributed by atoms with van der Waals surface area (Å²) in [5, 5.41) is 12.8. The van der Waals surface area contributed by atoms with Crippen LogP contribution in [0.5, 0.6) is 0 Å². The Labute approximate surface area is 90.6 Å². The maximum absolute atomic E-state index is 12.0. The Balaban J connectivity index is 1.90. The topological polar surface area (TPSA) is 52.6 Å². The summed E-state index contributed by atoms with van der Waals surface area (Å²) in [5.41, 5.74) is 0. The molecule has 3 atom stereocenters. The van der Waals surface area contributed by atoms with E-state index < -0.39 is 0 Å². The number of nitrogens with one attached hydrogen (secondary N) is 1. The highest BCUT2D eigenvalue weighted by Gasteiger charge is 2.32. The van der Waals surface area contributed by atoms with E-state index >= 15 is 0 Å². The number of hydrogen-bond donors (Lipinski definition) is 2. The number of aliphatic hydroxyl groups excluding tert-OH is 1. The zero-order chi connectivity index (χ0) is 10.8. The molecule has 2 saturated heterocycles. The summed E-state index contributed by atoms with van der Waals surface area (Å²) >= 11 is 0.